The zero-order valence-electron chi connectivity index (χ0n) is 8.13. The fourth-order valence-electron chi connectivity index (χ4n) is 1.31. The summed E-state index contributed by atoms with van der Waals surface area (Å²) in [7, 11) is 0. The second-order valence-corrected chi connectivity index (χ2v) is 4.78. The van der Waals surface area contributed by atoms with Crippen LogP contribution in [0.15, 0.2) is 24.3 Å². The molecule has 0 heterocycles. The summed E-state index contributed by atoms with van der Waals surface area (Å²) in [6, 6.07) is 7.60. The molecule has 0 aliphatic heterocycles. The molecule has 0 radical (unpaired) electrons. The third kappa shape index (κ3) is 2.82. The first-order valence-corrected chi connectivity index (χ1v) is 5.71. The summed E-state index contributed by atoms with van der Waals surface area (Å²) in [6.07, 6.45) is 0. The lowest BCUT2D eigenvalue weighted by atomic mass is 9.96. The molecule has 1 aromatic rings. The Hall–Kier alpha value is -0.340. The number of alkyl halides is 1. The Kier molecular flexibility index (Phi) is 4.14. The first-order valence-electron chi connectivity index (χ1n) is 4.42. The molecule has 76 valence electrons. The van der Waals surface area contributed by atoms with Crippen molar-refractivity contribution in [2.45, 2.75) is 24.6 Å². The second-order valence-electron chi connectivity index (χ2n) is 3.36. The van der Waals surface area contributed by atoms with Crippen molar-refractivity contribution in [3.05, 3.63) is 34.9 Å². The molecule has 0 aliphatic rings. The van der Waals surface area contributed by atoms with Crippen LogP contribution >= 0.6 is 27.5 Å². The van der Waals surface area contributed by atoms with E-state index >= 15 is 0 Å². The molecule has 2 atom stereocenters. The molecule has 0 saturated carbocycles. The van der Waals surface area contributed by atoms with E-state index in [2.05, 4.69) is 15.9 Å². The predicted octanol–water partition coefficient (Wildman–Crippen LogP) is 3.80. The van der Waals surface area contributed by atoms with E-state index in [-0.39, 0.29) is 16.5 Å². The van der Waals surface area contributed by atoms with Crippen LogP contribution in [0.4, 0.5) is 0 Å². The van der Waals surface area contributed by atoms with Gasteiger partial charge in [0.25, 0.3) is 0 Å². The zero-order chi connectivity index (χ0) is 10.7. The van der Waals surface area contributed by atoms with Crippen LogP contribution in [0.25, 0.3) is 0 Å². The maximum absolute atomic E-state index is 11.2. The Balaban J connectivity index is 2.89. The molecule has 0 N–H and O–H groups in total. The number of benzene rings is 1. The average Bonchev–Trinajstić information content (AvgIpc) is 2.15. The largest absolute Gasteiger partial charge is 0.299 e. The van der Waals surface area contributed by atoms with Gasteiger partial charge in [-0.2, -0.15) is 0 Å². The molecule has 0 aromatic heterocycles. The minimum Gasteiger partial charge on any atom is -0.299 e. The van der Waals surface area contributed by atoms with E-state index in [0.29, 0.717) is 5.02 Å². The molecule has 0 fully saturated rings. The average molecular weight is 276 g/mol. The monoisotopic (exact) mass is 274 g/mol. The molecule has 1 rings (SSSR count). The number of rotatable bonds is 3. The van der Waals surface area contributed by atoms with Gasteiger partial charge in [0, 0.05) is 10.9 Å². The van der Waals surface area contributed by atoms with Crippen LogP contribution in [0, 0.1) is 0 Å². The highest BCUT2D eigenvalue weighted by molar-refractivity contribution is 9.10. The molecule has 0 aliphatic carbocycles. The van der Waals surface area contributed by atoms with E-state index in [4.69, 9.17) is 11.6 Å². The van der Waals surface area contributed by atoms with Gasteiger partial charge in [0.15, 0.2) is 0 Å². The maximum Gasteiger partial charge on any atom is 0.144 e. The molecule has 0 spiro atoms. The Morgan fingerprint density at radius 1 is 1.50 bits per heavy atom. The summed E-state index contributed by atoms with van der Waals surface area (Å²) in [5.41, 5.74) is 1.08. The highest BCUT2D eigenvalue weighted by Gasteiger charge is 2.19. The van der Waals surface area contributed by atoms with Crippen LogP contribution in [0.2, 0.25) is 5.02 Å². The van der Waals surface area contributed by atoms with Gasteiger partial charge in [-0.15, -0.1) is 0 Å². The first kappa shape index (κ1) is 11.7. The first-order chi connectivity index (χ1) is 6.52. The zero-order valence-corrected chi connectivity index (χ0v) is 10.5. The third-order valence-corrected chi connectivity index (χ3v) is 3.87. The number of Topliss-reactive ketones (excluding diaryl/α,β-unsaturated/α-hetero) is 1. The molecule has 0 bridgehead atoms. The van der Waals surface area contributed by atoms with Gasteiger partial charge in [-0.05, 0) is 24.6 Å². The molecule has 3 heteroatoms. The predicted molar refractivity (Wildman–Crippen MR) is 63.3 cm³/mol. The van der Waals surface area contributed by atoms with Crippen LogP contribution in [0.5, 0.6) is 0 Å². The van der Waals surface area contributed by atoms with Gasteiger partial charge in [0.1, 0.15) is 5.78 Å². The van der Waals surface area contributed by atoms with E-state index in [9.17, 15) is 4.79 Å². The van der Waals surface area contributed by atoms with Crippen LogP contribution < -0.4 is 0 Å². The van der Waals surface area contributed by atoms with Gasteiger partial charge < -0.3 is 0 Å². The molecular formula is C11H12BrClO. The van der Waals surface area contributed by atoms with Gasteiger partial charge in [-0.3, -0.25) is 4.79 Å². The number of ketones is 1. The minimum absolute atomic E-state index is 0.137. The van der Waals surface area contributed by atoms with Gasteiger partial charge in [-0.25, -0.2) is 0 Å². The van der Waals surface area contributed by atoms with Crippen molar-refractivity contribution < 1.29 is 4.79 Å². The highest BCUT2D eigenvalue weighted by atomic mass is 79.9. The molecule has 1 nitrogen and oxygen atoms in total. The minimum atomic E-state index is -0.138. The SMILES string of the molecule is CC(=O)C(Br)C(C)c1cccc(Cl)c1. The fraction of sp³-hybridized carbons (Fsp3) is 0.364. The fourth-order valence-corrected chi connectivity index (χ4v) is 1.81. The lowest BCUT2D eigenvalue weighted by Crippen LogP contribution is -2.17. The van der Waals surface area contributed by atoms with Crippen molar-refractivity contribution >= 4 is 33.3 Å². The topological polar surface area (TPSA) is 17.1 Å². The third-order valence-electron chi connectivity index (χ3n) is 2.20. The molecule has 0 saturated heterocycles. The Morgan fingerprint density at radius 2 is 2.14 bits per heavy atom. The quantitative estimate of drug-likeness (QED) is 0.767. The van der Waals surface area contributed by atoms with Crippen LogP contribution in [0.1, 0.15) is 25.3 Å². The number of carbonyl (C=O) groups excluding carboxylic acids is 1. The van der Waals surface area contributed by atoms with Crippen LogP contribution in [-0.2, 0) is 4.79 Å². The lowest BCUT2D eigenvalue weighted by Gasteiger charge is -2.16. The summed E-state index contributed by atoms with van der Waals surface area (Å²) < 4.78 is 0. The van der Waals surface area contributed by atoms with E-state index in [1.165, 1.54) is 0 Å². The van der Waals surface area contributed by atoms with Crippen LogP contribution in [-0.4, -0.2) is 10.6 Å². The number of halogens is 2. The number of hydrogen-bond acceptors (Lipinski definition) is 1. The Morgan fingerprint density at radius 3 is 2.64 bits per heavy atom. The van der Waals surface area contributed by atoms with Crippen molar-refractivity contribution in [3.8, 4) is 0 Å². The lowest BCUT2D eigenvalue weighted by molar-refractivity contribution is -0.116. The van der Waals surface area contributed by atoms with Gasteiger partial charge >= 0.3 is 0 Å². The van der Waals surface area contributed by atoms with Gasteiger partial charge in [0.2, 0.25) is 0 Å². The summed E-state index contributed by atoms with van der Waals surface area (Å²) >= 11 is 9.25. The van der Waals surface area contributed by atoms with Crippen molar-refractivity contribution in [2.75, 3.05) is 0 Å². The molecular weight excluding hydrogens is 263 g/mol. The second kappa shape index (κ2) is 4.94. The van der Waals surface area contributed by atoms with Gasteiger partial charge in [0.05, 0.1) is 4.83 Å². The van der Waals surface area contributed by atoms with E-state index in [0.717, 1.165) is 5.56 Å². The van der Waals surface area contributed by atoms with Crippen molar-refractivity contribution in [1.29, 1.82) is 0 Å². The normalized spacial score (nSPS) is 14.9. The van der Waals surface area contributed by atoms with E-state index < -0.39 is 0 Å². The van der Waals surface area contributed by atoms with E-state index in [1.807, 2.05) is 31.2 Å². The van der Waals surface area contributed by atoms with Crippen molar-refractivity contribution in [1.82, 2.24) is 0 Å². The molecule has 0 amide bonds. The highest BCUT2D eigenvalue weighted by Crippen LogP contribution is 2.26. The number of hydrogen-bond donors (Lipinski definition) is 0. The summed E-state index contributed by atoms with van der Waals surface area (Å²) in [5, 5.41) is 0.706. The molecule has 14 heavy (non-hydrogen) atoms. The summed E-state index contributed by atoms with van der Waals surface area (Å²) in [5.74, 6) is 0.281. The Labute approximate surface area is 97.6 Å². The smallest absolute Gasteiger partial charge is 0.144 e. The molecule has 1 aromatic carbocycles. The van der Waals surface area contributed by atoms with Crippen molar-refractivity contribution in [2.24, 2.45) is 0 Å². The standard InChI is InChI=1S/C11H12BrClO/c1-7(11(12)8(2)14)9-4-3-5-10(13)6-9/h3-7,11H,1-2H3. The van der Waals surface area contributed by atoms with Gasteiger partial charge in [-0.1, -0.05) is 46.6 Å². The van der Waals surface area contributed by atoms with Crippen LogP contribution in [0.3, 0.4) is 0 Å². The maximum atomic E-state index is 11.2. The van der Waals surface area contributed by atoms with Crippen molar-refractivity contribution in [3.63, 3.8) is 0 Å². The summed E-state index contributed by atoms with van der Waals surface area (Å²) in [6.45, 7) is 3.59. The van der Waals surface area contributed by atoms with E-state index in [1.54, 1.807) is 6.92 Å². The Bertz CT molecular complexity index is 338. The molecule has 2 unspecified atom stereocenters. The number of carbonyl (C=O) groups is 1. The summed E-state index contributed by atoms with van der Waals surface area (Å²) in [4.78, 5) is 11.0.